The summed E-state index contributed by atoms with van der Waals surface area (Å²) in [5.41, 5.74) is 1.36. The van der Waals surface area contributed by atoms with Crippen LogP contribution in [0.15, 0.2) is 0 Å². The van der Waals surface area contributed by atoms with Gasteiger partial charge in [-0.1, -0.05) is 6.92 Å². The molecule has 0 aliphatic rings. The van der Waals surface area contributed by atoms with Gasteiger partial charge in [0, 0.05) is 0 Å². The summed E-state index contributed by atoms with van der Waals surface area (Å²) in [6.07, 6.45) is 1.36. The van der Waals surface area contributed by atoms with Crippen LogP contribution >= 0.6 is 20.2 Å². The number of hydrogen-bond acceptors (Lipinski definition) is 1. The van der Waals surface area contributed by atoms with E-state index in [1.54, 1.807) is 0 Å². The summed E-state index contributed by atoms with van der Waals surface area (Å²) >= 11 is 1.94. The minimum Gasteiger partial charge on any atom is -0.215 e. The van der Waals surface area contributed by atoms with Gasteiger partial charge in [-0.25, -0.2) is 11.6 Å². The Morgan fingerprint density at radius 2 is 2.50 bits per heavy atom. The van der Waals surface area contributed by atoms with Crippen molar-refractivity contribution in [3.05, 3.63) is 0 Å². The molecule has 0 nitrogen and oxygen atoms in total. The number of hydrogen-bond donors (Lipinski definition) is 0. The van der Waals surface area contributed by atoms with Crippen LogP contribution in [0.2, 0.25) is 0 Å². The molecule has 36 valence electrons. The molecular formula is C3H10BPS. The molecule has 0 rings (SSSR count). The van der Waals surface area contributed by atoms with E-state index in [0.29, 0.717) is 0 Å². The first-order valence-electron chi connectivity index (χ1n) is 2.11. The van der Waals surface area contributed by atoms with E-state index < -0.39 is 0 Å². The molecule has 0 radical (unpaired) electrons. The summed E-state index contributed by atoms with van der Waals surface area (Å²) in [6, 6.07) is 0. The van der Waals surface area contributed by atoms with Crippen molar-refractivity contribution in [3.8, 4) is 0 Å². The molecule has 1 atom stereocenters. The smallest absolute Gasteiger partial charge is 0.174 e. The van der Waals surface area contributed by atoms with E-state index in [0.717, 1.165) is 0 Å². The Bertz CT molecular complexity index is 22.8. The lowest BCUT2D eigenvalue weighted by Crippen LogP contribution is -1.63. The summed E-state index contributed by atoms with van der Waals surface area (Å²) in [5, 5.41) is 0. The molecule has 0 bridgehead atoms. The lowest BCUT2D eigenvalue weighted by molar-refractivity contribution is 1.52. The van der Waals surface area contributed by atoms with E-state index in [4.69, 9.17) is 0 Å². The Morgan fingerprint density at radius 1 is 1.83 bits per heavy atom. The first-order chi connectivity index (χ1) is 2.91. The molecular weight excluding hydrogens is 110 g/mol. The molecule has 1 unspecified atom stereocenters. The van der Waals surface area contributed by atoms with Gasteiger partial charge in [-0.05, 0) is 11.7 Å². The Morgan fingerprint density at radius 3 is 2.67 bits per heavy atom. The van der Waals surface area contributed by atoms with E-state index in [-0.39, 0.29) is 0 Å². The van der Waals surface area contributed by atoms with Crippen molar-refractivity contribution in [3.63, 3.8) is 0 Å². The summed E-state index contributed by atoms with van der Waals surface area (Å²) in [6.45, 7) is 2.23. The molecule has 0 aromatic heterocycles. The normalized spacial score (nSPS) is 10.8. The van der Waals surface area contributed by atoms with Crippen LogP contribution in [0.5, 0.6) is 0 Å². The van der Waals surface area contributed by atoms with Crippen molar-refractivity contribution in [1.82, 2.24) is 0 Å². The fraction of sp³-hybridized carbons (Fsp3) is 1.00. The largest absolute Gasteiger partial charge is 0.215 e. The van der Waals surface area contributed by atoms with Gasteiger partial charge in [0.25, 0.3) is 0 Å². The third-order valence-corrected chi connectivity index (χ3v) is 2.97. The highest BCUT2D eigenvalue weighted by Crippen LogP contribution is 2.13. The summed E-state index contributed by atoms with van der Waals surface area (Å²) in [5.74, 6) is 0. The van der Waals surface area contributed by atoms with Gasteiger partial charge in [0.1, 0.15) is 0 Å². The van der Waals surface area contributed by atoms with Crippen LogP contribution in [0.25, 0.3) is 0 Å². The molecule has 3 heteroatoms. The highest BCUT2D eigenvalue weighted by molar-refractivity contribution is 8.22. The fourth-order valence-corrected chi connectivity index (χ4v) is 1.84. The average molecular weight is 120 g/mol. The minimum absolute atomic E-state index is 1.18. The summed E-state index contributed by atoms with van der Waals surface area (Å²) < 4.78 is 0. The van der Waals surface area contributed by atoms with Crippen molar-refractivity contribution >= 4 is 27.3 Å². The first kappa shape index (κ1) is 6.84. The second-order valence-electron chi connectivity index (χ2n) is 1.04. The van der Waals surface area contributed by atoms with Crippen molar-refractivity contribution in [1.29, 1.82) is 0 Å². The van der Waals surface area contributed by atoms with Crippen LogP contribution in [0.4, 0.5) is 0 Å². The topological polar surface area (TPSA) is 0 Å². The second-order valence-corrected chi connectivity index (χ2v) is 3.98. The van der Waals surface area contributed by atoms with Crippen molar-refractivity contribution in [2.45, 2.75) is 6.92 Å². The van der Waals surface area contributed by atoms with Gasteiger partial charge in [0.05, 0.1) is 0 Å². The van der Waals surface area contributed by atoms with Gasteiger partial charge in [0.2, 0.25) is 0 Å². The van der Waals surface area contributed by atoms with Crippen LogP contribution in [0.1, 0.15) is 6.92 Å². The zero-order valence-corrected chi connectivity index (χ0v) is 6.14. The molecule has 0 aliphatic carbocycles. The van der Waals surface area contributed by atoms with Gasteiger partial charge in [0.15, 0.2) is 7.12 Å². The predicted molar refractivity (Wildman–Crippen MR) is 39.9 cm³/mol. The summed E-state index contributed by atoms with van der Waals surface area (Å²) in [7, 11) is 3.33. The van der Waals surface area contributed by atoms with Gasteiger partial charge in [-0.3, -0.25) is 0 Å². The molecule has 6 heavy (non-hydrogen) atoms. The van der Waals surface area contributed by atoms with Crippen LogP contribution in [-0.2, 0) is 0 Å². The molecule has 0 aliphatic heterocycles. The van der Waals surface area contributed by atoms with Gasteiger partial charge >= 0.3 is 0 Å². The van der Waals surface area contributed by atoms with Crippen LogP contribution in [-0.4, -0.2) is 18.8 Å². The van der Waals surface area contributed by atoms with Crippen LogP contribution < -0.4 is 0 Å². The Hall–Kier alpha value is 0.845. The van der Waals surface area contributed by atoms with Gasteiger partial charge in [-0.15, -0.1) is 8.58 Å². The monoisotopic (exact) mass is 120 g/mol. The lowest BCUT2D eigenvalue weighted by Gasteiger charge is -1.87. The maximum atomic E-state index is 2.23. The van der Waals surface area contributed by atoms with Crippen LogP contribution in [0, 0.1) is 0 Å². The van der Waals surface area contributed by atoms with Gasteiger partial charge in [-0.2, -0.15) is 0 Å². The minimum atomic E-state index is 1.18. The lowest BCUT2D eigenvalue weighted by atomic mass is 10.8. The maximum Gasteiger partial charge on any atom is 0.174 e. The van der Waals surface area contributed by atoms with E-state index in [1.165, 1.54) is 20.2 Å². The zero-order chi connectivity index (χ0) is 4.83. The Balaban J connectivity index is 2.34. The van der Waals surface area contributed by atoms with E-state index in [9.17, 15) is 0 Å². The van der Waals surface area contributed by atoms with E-state index in [1.807, 2.05) is 11.6 Å². The standard InChI is InChI=1S/C3H10BPS/c1-2-5-3-6-4/h5H,2-4H2,1H3. The Labute approximate surface area is 46.6 Å². The third-order valence-electron chi connectivity index (χ3n) is 0.496. The molecule has 0 saturated heterocycles. The molecule has 0 amide bonds. The maximum absolute atomic E-state index is 2.23. The fourth-order valence-electron chi connectivity index (χ4n) is 0.204. The van der Waals surface area contributed by atoms with Crippen LogP contribution in [0.3, 0.4) is 0 Å². The quantitative estimate of drug-likeness (QED) is 0.303. The highest BCUT2D eigenvalue weighted by Gasteiger charge is 1.74. The highest BCUT2D eigenvalue weighted by atomic mass is 32.2. The molecule has 0 fully saturated rings. The second kappa shape index (κ2) is 5.84. The van der Waals surface area contributed by atoms with E-state index >= 15 is 0 Å². The molecule has 0 aromatic rings. The SMILES string of the molecule is BSCPCC. The zero-order valence-electron chi connectivity index (χ0n) is 4.32. The Kier molecular flexibility index (Phi) is 6.67. The van der Waals surface area contributed by atoms with Crippen molar-refractivity contribution < 1.29 is 0 Å². The molecule has 0 spiro atoms. The molecule has 0 saturated carbocycles. The average Bonchev–Trinajstić information content (AvgIpc) is 1.61. The van der Waals surface area contributed by atoms with Crippen molar-refractivity contribution in [2.75, 3.05) is 11.7 Å². The van der Waals surface area contributed by atoms with Gasteiger partial charge < -0.3 is 0 Å². The molecule has 0 N–H and O–H groups in total. The van der Waals surface area contributed by atoms with E-state index in [2.05, 4.69) is 14.0 Å². The summed E-state index contributed by atoms with van der Waals surface area (Å²) in [4.78, 5) is 0. The predicted octanol–water partition coefficient (Wildman–Crippen LogP) is 0.924. The molecule has 0 aromatic carbocycles. The third kappa shape index (κ3) is 4.84. The van der Waals surface area contributed by atoms with Crippen molar-refractivity contribution in [2.24, 2.45) is 0 Å². The molecule has 0 heterocycles. The number of rotatable bonds is 3. The first-order valence-corrected chi connectivity index (χ1v) is 4.92.